The van der Waals surface area contributed by atoms with Crippen molar-refractivity contribution in [1.29, 1.82) is 0 Å². The fraction of sp³-hybridized carbons (Fsp3) is 0.867. The zero-order valence-corrected chi connectivity index (χ0v) is 13.3. The van der Waals surface area contributed by atoms with Crippen molar-refractivity contribution in [3.05, 3.63) is 0 Å². The molecule has 1 fully saturated rings. The number of alkyl carbamates (subject to hydrolysis) is 1. The molecule has 5 nitrogen and oxygen atoms in total. The van der Waals surface area contributed by atoms with Gasteiger partial charge in [-0.2, -0.15) is 0 Å². The van der Waals surface area contributed by atoms with Gasteiger partial charge in [0, 0.05) is 6.04 Å². The first-order chi connectivity index (χ1) is 9.19. The van der Waals surface area contributed by atoms with Crippen LogP contribution in [0.3, 0.4) is 0 Å². The van der Waals surface area contributed by atoms with E-state index in [1.54, 1.807) is 27.7 Å². The highest BCUT2D eigenvalue weighted by Crippen LogP contribution is 2.23. The molecule has 1 aliphatic carbocycles. The first kappa shape index (κ1) is 16.8. The quantitative estimate of drug-likeness (QED) is 0.837. The van der Waals surface area contributed by atoms with Crippen LogP contribution in [0, 0.1) is 5.92 Å². The largest absolute Gasteiger partial charge is 0.444 e. The minimum atomic E-state index is -0.584. The van der Waals surface area contributed by atoms with Gasteiger partial charge in [-0.25, -0.2) is 4.79 Å². The molecule has 3 atom stereocenters. The van der Waals surface area contributed by atoms with Crippen molar-refractivity contribution in [3.8, 4) is 0 Å². The molecule has 0 heterocycles. The Labute approximate surface area is 121 Å². The summed E-state index contributed by atoms with van der Waals surface area (Å²) in [7, 11) is 0. The lowest BCUT2D eigenvalue weighted by atomic mass is 9.86. The van der Waals surface area contributed by atoms with Gasteiger partial charge in [0.15, 0.2) is 0 Å². The molecule has 0 aliphatic heterocycles. The van der Waals surface area contributed by atoms with E-state index < -0.39 is 17.7 Å². The minimum Gasteiger partial charge on any atom is -0.444 e. The summed E-state index contributed by atoms with van der Waals surface area (Å²) in [5, 5.41) is 5.59. The summed E-state index contributed by atoms with van der Waals surface area (Å²) in [5.41, 5.74) is -0.557. The van der Waals surface area contributed by atoms with Gasteiger partial charge >= 0.3 is 6.09 Å². The molecule has 1 rings (SSSR count). The lowest BCUT2D eigenvalue weighted by Crippen LogP contribution is -2.51. The third kappa shape index (κ3) is 5.80. The Kier molecular flexibility index (Phi) is 5.84. The normalized spacial score (nSPS) is 24.6. The zero-order chi connectivity index (χ0) is 15.3. The highest BCUT2D eigenvalue weighted by atomic mass is 16.6. The minimum absolute atomic E-state index is 0.144. The second kappa shape index (κ2) is 6.95. The molecular formula is C15H28N2O3. The molecule has 3 unspecified atom stereocenters. The maximum Gasteiger partial charge on any atom is 0.408 e. The first-order valence-corrected chi connectivity index (χ1v) is 7.49. The molecule has 1 saturated carbocycles. The van der Waals surface area contributed by atoms with Crippen LogP contribution in [-0.2, 0) is 9.53 Å². The van der Waals surface area contributed by atoms with Crippen molar-refractivity contribution in [2.24, 2.45) is 5.92 Å². The van der Waals surface area contributed by atoms with Crippen LogP contribution in [0.1, 0.15) is 60.3 Å². The maximum absolute atomic E-state index is 12.1. The molecule has 0 aromatic rings. The molecule has 0 aromatic carbocycles. The maximum atomic E-state index is 12.1. The van der Waals surface area contributed by atoms with Crippen LogP contribution in [0.15, 0.2) is 0 Å². The topological polar surface area (TPSA) is 67.4 Å². The first-order valence-electron chi connectivity index (χ1n) is 7.49. The number of carbonyl (C=O) groups excluding carboxylic acids is 2. The molecule has 1 aliphatic rings. The number of hydrogen-bond donors (Lipinski definition) is 2. The lowest BCUT2D eigenvalue weighted by molar-refractivity contribution is -0.124. The predicted octanol–water partition coefficient (Wildman–Crippen LogP) is 2.59. The zero-order valence-electron chi connectivity index (χ0n) is 13.3. The van der Waals surface area contributed by atoms with E-state index in [-0.39, 0.29) is 11.9 Å². The molecular weight excluding hydrogens is 256 g/mol. The number of ether oxygens (including phenoxy) is 1. The van der Waals surface area contributed by atoms with E-state index in [4.69, 9.17) is 4.74 Å². The van der Waals surface area contributed by atoms with Crippen molar-refractivity contribution in [3.63, 3.8) is 0 Å². The van der Waals surface area contributed by atoms with Crippen molar-refractivity contribution < 1.29 is 14.3 Å². The Bertz CT molecular complexity index is 350. The van der Waals surface area contributed by atoms with E-state index in [0.29, 0.717) is 5.92 Å². The second-order valence-electron chi connectivity index (χ2n) is 6.74. The van der Waals surface area contributed by atoms with Crippen molar-refractivity contribution in [1.82, 2.24) is 10.6 Å². The monoisotopic (exact) mass is 284 g/mol. The molecule has 0 aromatic heterocycles. The average molecular weight is 284 g/mol. The highest BCUT2D eigenvalue weighted by Gasteiger charge is 2.26. The van der Waals surface area contributed by atoms with Gasteiger partial charge in [0.05, 0.1) is 0 Å². The Morgan fingerprint density at radius 3 is 2.35 bits per heavy atom. The van der Waals surface area contributed by atoms with Crippen LogP contribution in [0.2, 0.25) is 0 Å². The van der Waals surface area contributed by atoms with Gasteiger partial charge in [-0.15, -0.1) is 0 Å². The number of nitrogens with one attached hydrogen (secondary N) is 2. The van der Waals surface area contributed by atoms with Crippen LogP contribution in [0.5, 0.6) is 0 Å². The van der Waals surface area contributed by atoms with Crippen molar-refractivity contribution >= 4 is 12.0 Å². The SMILES string of the molecule is CC(NC(=O)OC(C)(C)C)C(=O)NC1CCCCC1C. The molecule has 5 heteroatoms. The van der Waals surface area contributed by atoms with Gasteiger partial charge in [0.25, 0.3) is 0 Å². The second-order valence-corrected chi connectivity index (χ2v) is 6.74. The Hall–Kier alpha value is -1.26. The molecule has 116 valence electrons. The smallest absolute Gasteiger partial charge is 0.408 e. The van der Waals surface area contributed by atoms with E-state index in [1.807, 2.05) is 0 Å². The molecule has 0 spiro atoms. The van der Waals surface area contributed by atoms with Gasteiger partial charge in [0.1, 0.15) is 11.6 Å². The summed E-state index contributed by atoms with van der Waals surface area (Å²) in [5.74, 6) is 0.357. The van der Waals surface area contributed by atoms with Gasteiger partial charge in [-0.3, -0.25) is 4.79 Å². The van der Waals surface area contributed by atoms with Crippen molar-refractivity contribution in [2.45, 2.75) is 78.0 Å². The van der Waals surface area contributed by atoms with Gasteiger partial charge in [-0.1, -0.05) is 19.8 Å². The summed E-state index contributed by atoms with van der Waals surface area (Å²) in [6, 6.07) is -0.363. The third-order valence-corrected chi connectivity index (χ3v) is 3.57. The van der Waals surface area contributed by atoms with Crippen LogP contribution in [-0.4, -0.2) is 29.7 Å². The summed E-state index contributed by atoms with van der Waals surface area (Å²) in [6.07, 6.45) is 4.00. The average Bonchev–Trinajstić information content (AvgIpc) is 2.29. The fourth-order valence-corrected chi connectivity index (χ4v) is 2.39. The predicted molar refractivity (Wildman–Crippen MR) is 78.4 cm³/mol. The van der Waals surface area contributed by atoms with E-state index in [2.05, 4.69) is 17.6 Å². The van der Waals surface area contributed by atoms with E-state index in [9.17, 15) is 9.59 Å². The fourth-order valence-electron chi connectivity index (χ4n) is 2.39. The van der Waals surface area contributed by atoms with E-state index in [1.165, 1.54) is 6.42 Å². The number of carbonyl (C=O) groups is 2. The van der Waals surface area contributed by atoms with Crippen molar-refractivity contribution in [2.75, 3.05) is 0 Å². The highest BCUT2D eigenvalue weighted by molar-refractivity contribution is 5.85. The van der Waals surface area contributed by atoms with E-state index in [0.717, 1.165) is 19.3 Å². The Morgan fingerprint density at radius 1 is 1.20 bits per heavy atom. The molecule has 2 amide bonds. The van der Waals surface area contributed by atoms with Gasteiger partial charge < -0.3 is 15.4 Å². The molecule has 0 bridgehead atoms. The molecule has 2 N–H and O–H groups in total. The molecule has 0 radical (unpaired) electrons. The summed E-state index contributed by atoms with van der Waals surface area (Å²) >= 11 is 0. The van der Waals surface area contributed by atoms with Crippen LogP contribution in [0.25, 0.3) is 0 Å². The standard InChI is InChI=1S/C15H28N2O3/c1-10-8-6-7-9-12(10)17-13(18)11(2)16-14(19)20-15(3,4)5/h10-12H,6-9H2,1-5H3,(H,16,19)(H,17,18). The molecule has 0 saturated heterocycles. The Balaban J connectivity index is 2.40. The number of hydrogen-bond acceptors (Lipinski definition) is 3. The Morgan fingerprint density at radius 2 is 1.80 bits per heavy atom. The van der Waals surface area contributed by atoms with Gasteiger partial charge in [0.2, 0.25) is 5.91 Å². The van der Waals surface area contributed by atoms with E-state index >= 15 is 0 Å². The van der Waals surface area contributed by atoms with Crippen LogP contribution < -0.4 is 10.6 Å². The summed E-state index contributed by atoms with van der Waals surface area (Å²) < 4.78 is 5.14. The van der Waals surface area contributed by atoms with Gasteiger partial charge in [-0.05, 0) is 46.5 Å². The summed E-state index contributed by atoms with van der Waals surface area (Å²) in [4.78, 5) is 23.7. The lowest BCUT2D eigenvalue weighted by Gasteiger charge is -2.30. The summed E-state index contributed by atoms with van der Waals surface area (Å²) in [6.45, 7) is 9.21. The number of rotatable bonds is 3. The number of amides is 2. The van der Waals surface area contributed by atoms with Crippen LogP contribution in [0.4, 0.5) is 4.79 Å². The molecule has 20 heavy (non-hydrogen) atoms. The third-order valence-electron chi connectivity index (χ3n) is 3.57. The van der Waals surface area contributed by atoms with Crippen LogP contribution >= 0.6 is 0 Å².